The fraction of sp³-hybridized carbons (Fsp3) is 0.417. The number of H-pyrrole nitrogens is 1. The molecule has 8 heteroatoms. The van der Waals surface area contributed by atoms with Crippen LogP contribution in [0.25, 0.3) is 10.2 Å². The van der Waals surface area contributed by atoms with Crippen LogP contribution in [-0.2, 0) is 27.7 Å². The zero-order valence-corrected chi connectivity index (χ0v) is 21.0. The topological polar surface area (TPSA) is 91.4 Å². The molecular formula is C24H30N2O4SSi. The maximum atomic E-state index is 12.5. The van der Waals surface area contributed by atoms with E-state index in [0.717, 1.165) is 32.7 Å². The van der Waals surface area contributed by atoms with Gasteiger partial charge >= 0.3 is 4.87 Å². The van der Waals surface area contributed by atoms with E-state index in [1.165, 1.54) is 0 Å². The van der Waals surface area contributed by atoms with Crippen molar-refractivity contribution in [1.82, 2.24) is 10.3 Å². The molecule has 1 heterocycles. The number of aromatic hydroxyl groups is 1. The van der Waals surface area contributed by atoms with E-state index in [1.54, 1.807) is 12.1 Å². The minimum absolute atomic E-state index is 0.0564. The van der Waals surface area contributed by atoms with Gasteiger partial charge in [-0.2, -0.15) is 0 Å². The summed E-state index contributed by atoms with van der Waals surface area (Å²) in [4.78, 5) is 26.6. The average Bonchev–Trinajstić information content (AvgIpc) is 3.11. The minimum atomic E-state index is -0.430. The third-order valence-electron chi connectivity index (χ3n) is 4.95. The second-order valence-corrected chi connectivity index (χ2v) is 12.3. The standard InChI is InChI=1S/C24H30N2O4SSi/c1-23(2,3)32-30-24(4,5)17-8-6-7-15(13-17)14-19(28)25-12-11-16-9-10-18(27)20-21(16)31-22(29)26-20/h6-10,13,27H,11-12,14H2,1-5H3,(H,25,28)(H,26,29). The third kappa shape index (κ3) is 6.31. The monoisotopic (exact) mass is 470 g/mol. The molecule has 0 aliphatic carbocycles. The van der Waals surface area contributed by atoms with E-state index in [4.69, 9.17) is 4.43 Å². The molecule has 0 unspecified atom stereocenters. The van der Waals surface area contributed by atoms with Crippen LogP contribution in [0.5, 0.6) is 5.75 Å². The summed E-state index contributed by atoms with van der Waals surface area (Å²) in [5.74, 6) is -0.00401. The lowest BCUT2D eigenvalue weighted by molar-refractivity contribution is -0.120. The van der Waals surface area contributed by atoms with Crippen molar-refractivity contribution < 1.29 is 14.3 Å². The summed E-state index contributed by atoms with van der Waals surface area (Å²) in [6.45, 7) is 11.0. The van der Waals surface area contributed by atoms with E-state index >= 15 is 0 Å². The highest BCUT2D eigenvalue weighted by atomic mass is 32.1. The van der Waals surface area contributed by atoms with Gasteiger partial charge in [0, 0.05) is 6.54 Å². The molecule has 0 spiro atoms. The highest BCUT2D eigenvalue weighted by Crippen LogP contribution is 2.30. The maximum Gasteiger partial charge on any atom is 0.305 e. The fourth-order valence-corrected chi connectivity index (χ4v) is 4.83. The number of benzene rings is 2. The molecule has 1 amide bonds. The van der Waals surface area contributed by atoms with E-state index in [1.807, 2.05) is 24.3 Å². The first-order chi connectivity index (χ1) is 14.9. The molecule has 0 saturated heterocycles. The lowest BCUT2D eigenvalue weighted by Crippen LogP contribution is -2.29. The van der Waals surface area contributed by atoms with Gasteiger partial charge in [-0.05, 0) is 48.1 Å². The molecule has 0 bridgehead atoms. The van der Waals surface area contributed by atoms with Gasteiger partial charge in [0.1, 0.15) is 11.3 Å². The Kier molecular flexibility index (Phi) is 7.27. The lowest BCUT2D eigenvalue weighted by atomic mass is 9.96. The molecule has 1 aromatic heterocycles. The highest BCUT2D eigenvalue weighted by Gasteiger charge is 2.25. The normalized spacial score (nSPS) is 12.3. The average molecular weight is 471 g/mol. The van der Waals surface area contributed by atoms with Crippen LogP contribution in [-0.4, -0.2) is 32.3 Å². The van der Waals surface area contributed by atoms with Crippen molar-refractivity contribution in [1.29, 1.82) is 0 Å². The first-order valence-electron chi connectivity index (χ1n) is 10.6. The Labute approximate surface area is 195 Å². The van der Waals surface area contributed by atoms with Gasteiger partial charge in [-0.3, -0.25) is 9.59 Å². The number of phenolic OH excluding ortho intramolecular Hbond substituents is 1. The van der Waals surface area contributed by atoms with Crippen molar-refractivity contribution in [3.8, 4) is 5.75 Å². The Morgan fingerprint density at radius 1 is 1.19 bits per heavy atom. The van der Waals surface area contributed by atoms with Gasteiger partial charge in [-0.25, -0.2) is 0 Å². The van der Waals surface area contributed by atoms with Crippen LogP contribution in [0.2, 0.25) is 5.04 Å². The van der Waals surface area contributed by atoms with Crippen molar-refractivity contribution in [3.05, 3.63) is 62.8 Å². The SMILES string of the molecule is CC(C)(C)[Si]OC(C)(C)c1cccc(CC(=O)NCCc2ccc(O)c3[nH]c(=O)sc23)c1. The van der Waals surface area contributed by atoms with Crippen LogP contribution in [0.3, 0.4) is 0 Å². The lowest BCUT2D eigenvalue weighted by Gasteiger charge is -2.30. The molecule has 0 aliphatic heterocycles. The second-order valence-electron chi connectivity index (χ2n) is 9.40. The van der Waals surface area contributed by atoms with Crippen LogP contribution in [0.1, 0.15) is 51.3 Å². The summed E-state index contributed by atoms with van der Waals surface area (Å²) in [7, 11) is 0.375. The van der Waals surface area contributed by atoms with Crippen molar-refractivity contribution in [3.63, 3.8) is 0 Å². The predicted molar refractivity (Wildman–Crippen MR) is 131 cm³/mol. The number of carbonyl (C=O) groups is 1. The molecular weight excluding hydrogens is 440 g/mol. The van der Waals surface area contributed by atoms with Gasteiger partial charge < -0.3 is 19.8 Å². The number of phenols is 1. The summed E-state index contributed by atoms with van der Waals surface area (Å²) in [5.41, 5.74) is 2.93. The number of nitrogens with one attached hydrogen (secondary N) is 2. The van der Waals surface area contributed by atoms with Crippen LogP contribution in [0, 0.1) is 0 Å². The second kappa shape index (κ2) is 9.60. The summed E-state index contributed by atoms with van der Waals surface area (Å²) in [5, 5.41) is 13.0. The van der Waals surface area contributed by atoms with Gasteiger partial charge in [0.05, 0.1) is 16.7 Å². The van der Waals surface area contributed by atoms with E-state index in [0.29, 0.717) is 28.2 Å². The van der Waals surface area contributed by atoms with Crippen molar-refractivity contribution >= 4 is 37.2 Å². The molecule has 3 aromatic rings. The van der Waals surface area contributed by atoms with Crippen LogP contribution < -0.4 is 10.2 Å². The number of amides is 1. The van der Waals surface area contributed by atoms with E-state index in [-0.39, 0.29) is 28.0 Å². The van der Waals surface area contributed by atoms with E-state index in [9.17, 15) is 14.7 Å². The van der Waals surface area contributed by atoms with Gasteiger partial charge in [-0.15, -0.1) is 0 Å². The molecule has 32 heavy (non-hydrogen) atoms. The van der Waals surface area contributed by atoms with Crippen LogP contribution in [0.15, 0.2) is 41.2 Å². The summed E-state index contributed by atoms with van der Waals surface area (Å²) in [6.07, 6.45) is 0.860. The molecule has 170 valence electrons. The van der Waals surface area contributed by atoms with Gasteiger partial charge in [0.2, 0.25) is 15.7 Å². The largest absolute Gasteiger partial charge is 0.506 e. The molecule has 3 rings (SSSR count). The number of hydrogen-bond acceptors (Lipinski definition) is 5. The number of aromatic amines is 1. The Morgan fingerprint density at radius 3 is 2.66 bits per heavy atom. The number of rotatable bonds is 8. The van der Waals surface area contributed by atoms with E-state index < -0.39 is 5.60 Å². The Bertz CT molecular complexity index is 1160. The molecule has 0 fully saturated rings. The fourth-order valence-electron chi connectivity index (χ4n) is 3.25. The minimum Gasteiger partial charge on any atom is -0.506 e. The number of aromatic nitrogens is 1. The molecule has 3 N–H and O–H groups in total. The van der Waals surface area contributed by atoms with Gasteiger partial charge in [0.25, 0.3) is 0 Å². The third-order valence-corrected chi connectivity index (χ3v) is 7.14. The molecule has 0 saturated carbocycles. The number of thiazole rings is 1. The van der Waals surface area contributed by atoms with Crippen molar-refractivity contribution in [2.24, 2.45) is 0 Å². The van der Waals surface area contributed by atoms with E-state index in [2.05, 4.69) is 44.9 Å². The van der Waals surface area contributed by atoms with Crippen LogP contribution >= 0.6 is 11.3 Å². The molecule has 2 radical (unpaired) electrons. The first-order valence-corrected chi connectivity index (χ1v) is 12.3. The summed E-state index contributed by atoms with van der Waals surface area (Å²) < 4.78 is 6.92. The van der Waals surface area contributed by atoms with Crippen molar-refractivity contribution in [2.45, 2.75) is 58.1 Å². The Hall–Kier alpha value is -2.42. The quantitative estimate of drug-likeness (QED) is 0.429. The van der Waals surface area contributed by atoms with Gasteiger partial charge in [-0.1, -0.05) is 62.4 Å². The number of fused-ring (bicyclic) bond motifs is 1. The molecule has 6 nitrogen and oxygen atoms in total. The maximum absolute atomic E-state index is 12.5. The zero-order chi connectivity index (χ0) is 23.5. The van der Waals surface area contributed by atoms with Crippen molar-refractivity contribution in [2.75, 3.05) is 6.54 Å². The van der Waals surface area contributed by atoms with Crippen LogP contribution in [0.4, 0.5) is 0 Å². The smallest absolute Gasteiger partial charge is 0.305 e. The van der Waals surface area contributed by atoms with Gasteiger partial charge in [0.15, 0.2) is 0 Å². The number of hydrogen-bond donors (Lipinski definition) is 3. The molecule has 0 aliphatic rings. The predicted octanol–water partition coefficient (Wildman–Crippen LogP) is 4.29. The highest BCUT2D eigenvalue weighted by molar-refractivity contribution is 7.16. The Morgan fingerprint density at radius 2 is 1.94 bits per heavy atom. The number of carbonyl (C=O) groups excluding carboxylic acids is 1. The molecule has 0 atom stereocenters. The Balaban J connectivity index is 1.58. The summed E-state index contributed by atoms with van der Waals surface area (Å²) >= 11 is 1.07. The zero-order valence-electron chi connectivity index (χ0n) is 19.2. The molecule has 2 aromatic carbocycles. The first kappa shape index (κ1) is 24.2. The summed E-state index contributed by atoms with van der Waals surface area (Å²) in [6, 6.07) is 11.3.